The Bertz CT molecular complexity index is 1400. The lowest BCUT2D eigenvalue weighted by Crippen LogP contribution is -2.51. The highest BCUT2D eigenvalue weighted by Gasteiger charge is 2.33. The van der Waals surface area contributed by atoms with E-state index in [0.717, 1.165) is 16.3 Å². The number of anilines is 1. The summed E-state index contributed by atoms with van der Waals surface area (Å²) in [6.07, 6.45) is 0.736. The lowest BCUT2D eigenvalue weighted by atomic mass is 10.1. The molecule has 0 saturated carbocycles. The molecule has 0 aliphatic rings. The number of carbonyl (C=O) groups is 2. The first-order chi connectivity index (χ1) is 18.6. The predicted molar refractivity (Wildman–Crippen MR) is 153 cm³/mol. The number of nitrogens with zero attached hydrogens (tertiary/aromatic N) is 2. The molecule has 0 fully saturated rings. The van der Waals surface area contributed by atoms with Crippen molar-refractivity contribution >= 4 is 39.1 Å². The van der Waals surface area contributed by atoms with Crippen LogP contribution in [0.1, 0.15) is 31.4 Å². The number of ether oxygens (including phenoxy) is 1. The van der Waals surface area contributed by atoms with Gasteiger partial charge in [-0.1, -0.05) is 54.9 Å². The van der Waals surface area contributed by atoms with Crippen molar-refractivity contribution in [1.29, 1.82) is 0 Å². The van der Waals surface area contributed by atoms with E-state index in [1.165, 1.54) is 17.0 Å². The van der Waals surface area contributed by atoms with Crippen molar-refractivity contribution < 1.29 is 22.7 Å². The van der Waals surface area contributed by atoms with Crippen molar-refractivity contribution in [3.8, 4) is 5.75 Å². The lowest BCUT2D eigenvalue weighted by Gasteiger charge is -2.32. The van der Waals surface area contributed by atoms with Gasteiger partial charge in [0.15, 0.2) is 0 Å². The summed E-state index contributed by atoms with van der Waals surface area (Å²) in [5.41, 5.74) is 1.53. The molecule has 39 heavy (non-hydrogen) atoms. The summed E-state index contributed by atoms with van der Waals surface area (Å²) < 4.78 is 34.1. The molecule has 0 heterocycles. The van der Waals surface area contributed by atoms with Gasteiger partial charge in [-0.25, -0.2) is 8.42 Å². The van der Waals surface area contributed by atoms with Gasteiger partial charge < -0.3 is 15.0 Å². The minimum atomic E-state index is -4.16. The molecule has 0 bridgehead atoms. The molecule has 0 unspecified atom stereocenters. The zero-order chi connectivity index (χ0) is 28.6. The fraction of sp³-hybridized carbons (Fsp3) is 0.310. The van der Waals surface area contributed by atoms with E-state index in [2.05, 4.69) is 5.32 Å². The summed E-state index contributed by atoms with van der Waals surface area (Å²) in [6.45, 7) is 5.26. The van der Waals surface area contributed by atoms with Gasteiger partial charge in [0.05, 0.1) is 17.7 Å². The third-order valence-corrected chi connectivity index (χ3v) is 8.50. The van der Waals surface area contributed by atoms with Crippen LogP contribution in [0.15, 0.2) is 77.7 Å². The standard InChI is InChI=1S/C29H34ClN3O5S/c1-5-17-31-29(35)22(3)32(19-23-11-9-12-24(18-23)38-4)28(34)20-33(27-16-10-15-26(30)21(27)2)39(36,37)25-13-7-6-8-14-25/h6-16,18,22H,5,17,19-20H2,1-4H3,(H,31,35)/t22-/m0/s1. The minimum absolute atomic E-state index is 0.0326. The van der Waals surface area contributed by atoms with Gasteiger partial charge in [0, 0.05) is 18.1 Å². The van der Waals surface area contributed by atoms with E-state index in [1.807, 2.05) is 13.0 Å². The molecule has 0 aliphatic carbocycles. The van der Waals surface area contributed by atoms with Crippen LogP contribution in [-0.2, 0) is 26.2 Å². The number of methoxy groups -OCH3 is 1. The van der Waals surface area contributed by atoms with Crippen molar-refractivity contribution in [3.63, 3.8) is 0 Å². The lowest BCUT2D eigenvalue weighted by molar-refractivity contribution is -0.139. The molecule has 2 amide bonds. The van der Waals surface area contributed by atoms with Crippen LogP contribution in [0.25, 0.3) is 0 Å². The van der Waals surface area contributed by atoms with E-state index in [4.69, 9.17) is 16.3 Å². The molecule has 208 valence electrons. The van der Waals surface area contributed by atoms with E-state index in [1.54, 1.807) is 75.6 Å². The molecule has 10 heteroatoms. The van der Waals surface area contributed by atoms with Crippen LogP contribution in [0.4, 0.5) is 5.69 Å². The molecular formula is C29H34ClN3O5S. The second-order valence-corrected chi connectivity index (χ2v) is 11.3. The Morgan fingerprint density at radius 1 is 1.03 bits per heavy atom. The summed E-state index contributed by atoms with van der Waals surface area (Å²) in [7, 11) is -2.61. The van der Waals surface area contributed by atoms with Gasteiger partial charge in [0.2, 0.25) is 11.8 Å². The molecule has 1 N–H and O–H groups in total. The fourth-order valence-electron chi connectivity index (χ4n) is 4.05. The Balaban J connectivity index is 2.06. The second-order valence-electron chi connectivity index (χ2n) is 9.05. The first-order valence-electron chi connectivity index (χ1n) is 12.6. The van der Waals surface area contributed by atoms with Crippen molar-refractivity contribution in [2.24, 2.45) is 0 Å². The topological polar surface area (TPSA) is 96.0 Å². The van der Waals surface area contributed by atoms with Crippen LogP contribution >= 0.6 is 11.6 Å². The van der Waals surface area contributed by atoms with Gasteiger partial charge in [-0.2, -0.15) is 0 Å². The average Bonchev–Trinajstić information content (AvgIpc) is 2.95. The molecule has 3 rings (SSSR count). The van der Waals surface area contributed by atoms with E-state index in [9.17, 15) is 18.0 Å². The maximum Gasteiger partial charge on any atom is 0.264 e. The van der Waals surface area contributed by atoms with Gasteiger partial charge in [-0.3, -0.25) is 13.9 Å². The number of hydrogen-bond acceptors (Lipinski definition) is 5. The molecule has 0 saturated heterocycles. The normalized spacial score (nSPS) is 11.9. The predicted octanol–water partition coefficient (Wildman–Crippen LogP) is 4.80. The number of rotatable bonds is 12. The maximum atomic E-state index is 14.0. The van der Waals surface area contributed by atoms with E-state index < -0.39 is 28.5 Å². The molecular weight excluding hydrogens is 538 g/mol. The summed E-state index contributed by atoms with van der Waals surface area (Å²) in [4.78, 5) is 28.3. The number of carbonyl (C=O) groups excluding carboxylic acids is 2. The quantitative estimate of drug-likeness (QED) is 0.337. The average molecular weight is 572 g/mol. The van der Waals surface area contributed by atoms with E-state index in [-0.39, 0.29) is 23.0 Å². The highest BCUT2D eigenvalue weighted by molar-refractivity contribution is 7.92. The molecule has 3 aromatic rings. The zero-order valence-electron chi connectivity index (χ0n) is 22.6. The molecule has 0 aliphatic heterocycles. The van der Waals surface area contributed by atoms with Crippen molar-refractivity contribution in [3.05, 3.63) is 88.9 Å². The van der Waals surface area contributed by atoms with E-state index in [0.29, 0.717) is 22.9 Å². The Morgan fingerprint density at radius 3 is 2.38 bits per heavy atom. The van der Waals surface area contributed by atoms with Crippen LogP contribution in [0.3, 0.4) is 0 Å². The zero-order valence-corrected chi connectivity index (χ0v) is 24.1. The number of sulfonamides is 1. The van der Waals surface area contributed by atoms with Gasteiger partial charge in [-0.05, 0) is 67.8 Å². The highest BCUT2D eigenvalue weighted by Crippen LogP contribution is 2.31. The first kappa shape index (κ1) is 30.0. The van der Waals surface area contributed by atoms with Crippen LogP contribution in [0, 0.1) is 6.92 Å². The second kappa shape index (κ2) is 13.5. The smallest absolute Gasteiger partial charge is 0.264 e. The van der Waals surface area contributed by atoms with Gasteiger partial charge in [-0.15, -0.1) is 0 Å². The van der Waals surface area contributed by atoms with Crippen LogP contribution < -0.4 is 14.4 Å². The molecule has 0 aromatic heterocycles. The minimum Gasteiger partial charge on any atom is -0.497 e. The summed E-state index contributed by atoms with van der Waals surface area (Å²) in [6, 6.07) is 19.1. The van der Waals surface area contributed by atoms with E-state index >= 15 is 0 Å². The fourth-order valence-corrected chi connectivity index (χ4v) is 5.71. The summed E-state index contributed by atoms with van der Waals surface area (Å²) in [5.74, 6) is -0.272. The van der Waals surface area contributed by atoms with Crippen molar-refractivity contribution in [1.82, 2.24) is 10.2 Å². The number of nitrogens with one attached hydrogen (secondary N) is 1. The van der Waals surface area contributed by atoms with Gasteiger partial charge >= 0.3 is 0 Å². The summed E-state index contributed by atoms with van der Waals surface area (Å²) >= 11 is 6.35. The Kier molecular flexibility index (Phi) is 10.4. The largest absolute Gasteiger partial charge is 0.497 e. The molecule has 3 aromatic carbocycles. The van der Waals surface area contributed by atoms with Gasteiger partial charge in [0.25, 0.3) is 10.0 Å². The third-order valence-electron chi connectivity index (χ3n) is 6.32. The van der Waals surface area contributed by atoms with Crippen LogP contribution in [0.2, 0.25) is 5.02 Å². The molecule has 1 atom stereocenters. The molecule has 0 radical (unpaired) electrons. The maximum absolute atomic E-state index is 14.0. The number of amides is 2. The van der Waals surface area contributed by atoms with Crippen molar-refractivity contribution in [2.75, 3.05) is 24.5 Å². The number of benzene rings is 3. The Morgan fingerprint density at radius 2 is 1.72 bits per heavy atom. The SMILES string of the molecule is CCCNC(=O)[C@H](C)N(Cc1cccc(OC)c1)C(=O)CN(c1cccc(Cl)c1C)S(=O)(=O)c1ccccc1. The Labute approximate surface area is 235 Å². The number of halogens is 1. The molecule has 8 nitrogen and oxygen atoms in total. The third kappa shape index (κ3) is 7.30. The highest BCUT2D eigenvalue weighted by atomic mass is 35.5. The summed E-state index contributed by atoms with van der Waals surface area (Å²) in [5, 5.41) is 3.20. The first-order valence-corrected chi connectivity index (χ1v) is 14.4. The molecule has 0 spiro atoms. The number of hydrogen-bond donors (Lipinski definition) is 1. The van der Waals surface area contributed by atoms with Gasteiger partial charge in [0.1, 0.15) is 18.3 Å². The monoisotopic (exact) mass is 571 g/mol. The van der Waals surface area contributed by atoms with Crippen molar-refractivity contribution in [2.45, 2.75) is 44.7 Å². The van der Waals surface area contributed by atoms with Crippen LogP contribution in [-0.4, -0.2) is 51.4 Å². The Hall–Kier alpha value is -3.56. The van der Waals surface area contributed by atoms with Crippen LogP contribution in [0.5, 0.6) is 5.75 Å².